The van der Waals surface area contributed by atoms with Crippen LogP contribution < -0.4 is 5.73 Å². The van der Waals surface area contributed by atoms with Gasteiger partial charge in [-0.05, 0) is 6.42 Å². The fourth-order valence-corrected chi connectivity index (χ4v) is 1.54. The highest BCUT2D eigenvalue weighted by Gasteiger charge is 2.17. The summed E-state index contributed by atoms with van der Waals surface area (Å²) in [4.78, 5) is 15.8. The zero-order valence-electron chi connectivity index (χ0n) is 9.31. The Morgan fingerprint density at radius 3 is 2.87 bits per heavy atom. The molecule has 84 valence electrons. The van der Waals surface area contributed by atoms with E-state index in [2.05, 4.69) is 17.0 Å². The highest BCUT2D eigenvalue weighted by molar-refractivity contribution is 5.82. The van der Waals surface area contributed by atoms with Crippen molar-refractivity contribution in [2.75, 3.05) is 6.54 Å². The van der Waals surface area contributed by atoms with Crippen LogP contribution in [0.1, 0.15) is 25.6 Å². The first-order valence-corrected chi connectivity index (χ1v) is 5.24. The molecule has 1 rings (SSSR count). The fourth-order valence-electron chi connectivity index (χ4n) is 1.54. The Kier molecular flexibility index (Phi) is 4.42. The molecule has 5 heteroatoms. The highest BCUT2D eigenvalue weighted by atomic mass is 16.1. The second-order valence-electron chi connectivity index (χ2n) is 3.66. The molecule has 1 aromatic heterocycles. The van der Waals surface area contributed by atoms with Crippen molar-refractivity contribution < 1.29 is 4.79 Å². The Balaban J connectivity index is 2.58. The molecule has 0 amide bonds. The number of nitrogens with two attached hydrogens (primary N) is 1. The summed E-state index contributed by atoms with van der Waals surface area (Å²) < 4.78 is 1.62. The zero-order chi connectivity index (χ0) is 11.3. The smallest absolute Gasteiger partial charge is 0.144 e. The molecule has 0 saturated heterocycles. The van der Waals surface area contributed by atoms with Crippen LogP contribution in [0.25, 0.3) is 0 Å². The maximum atomic E-state index is 11.8. The number of nitrogens with zero attached hydrogens (tertiary/aromatic N) is 3. The summed E-state index contributed by atoms with van der Waals surface area (Å²) in [7, 11) is 1.78. The molecule has 2 N–H and O–H groups in total. The summed E-state index contributed by atoms with van der Waals surface area (Å²) in [5.41, 5.74) is 5.56. The quantitative estimate of drug-likeness (QED) is 0.733. The molecule has 1 aromatic rings. The van der Waals surface area contributed by atoms with Crippen LogP contribution in [0.15, 0.2) is 6.33 Å². The lowest BCUT2D eigenvalue weighted by Crippen LogP contribution is -2.26. The molecule has 0 fully saturated rings. The Morgan fingerprint density at radius 2 is 2.40 bits per heavy atom. The molecule has 0 aromatic carbocycles. The van der Waals surface area contributed by atoms with Crippen LogP contribution in [0.2, 0.25) is 0 Å². The van der Waals surface area contributed by atoms with Crippen molar-refractivity contribution in [1.29, 1.82) is 0 Å². The summed E-state index contributed by atoms with van der Waals surface area (Å²) >= 11 is 0. The number of Topliss-reactive ketones (excluding diaryl/α,β-unsaturated/α-hetero) is 1. The van der Waals surface area contributed by atoms with Crippen molar-refractivity contribution in [3.8, 4) is 0 Å². The lowest BCUT2D eigenvalue weighted by molar-refractivity contribution is -0.122. The van der Waals surface area contributed by atoms with E-state index in [0.29, 0.717) is 18.8 Å². The molecular weight excluding hydrogens is 192 g/mol. The molecule has 0 aliphatic heterocycles. The average Bonchev–Trinajstić information content (AvgIpc) is 2.60. The molecule has 0 radical (unpaired) electrons. The highest BCUT2D eigenvalue weighted by Crippen LogP contribution is 2.09. The van der Waals surface area contributed by atoms with Gasteiger partial charge >= 0.3 is 0 Å². The van der Waals surface area contributed by atoms with Gasteiger partial charge in [-0.3, -0.25) is 9.48 Å². The maximum absolute atomic E-state index is 11.8. The number of rotatable bonds is 6. The van der Waals surface area contributed by atoms with Gasteiger partial charge in [-0.2, -0.15) is 5.10 Å². The third-order valence-electron chi connectivity index (χ3n) is 2.51. The van der Waals surface area contributed by atoms with E-state index < -0.39 is 0 Å². The van der Waals surface area contributed by atoms with Gasteiger partial charge < -0.3 is 5.73 Å². The standard InChI is InChI=1S/C10H18N4O/c1-3-4-8(6-11)9(15)5-10-12-7-13-14(10)2/h7-8H,3-6,11H2,1-2H3. The Bertz CT molecular complexity index is 321. The molecule has 0 aliphatic rings. The topological polar surface area (TPSA) is 73.8 Å². The van der Waals surface area contributed by atoms with Gasteiger partial charge in [0.1, 0.15) is 17.9 Å². The Morgan fingerprint density at radius 1 is 1.67 bits per heavy atom. The van der Waals surface area contributed by atoms with Gasteiger partial charge in [0.2, 0.25) is 0 Å². The number of ketones is 1. The average molecular weight is 210 g/mol. The number of hydrogen-bond acceptors (Lipinski definition) is 4. The van der Waals surface area contributed by atoms with Crippen molar-refractivity contribution in [2.24, 2.45) is 18.7 Å². The molecular formula is C10H18N4O. The number of carbonyl (C=O) groups excluding carboxylic acids is 1. The van der Waals surface area contributed by atoms with Crippen molar-refractivity contribution in [2.45, 2.75) is 26.2 Å². The molecule has 0 bridgehead atoms. The number of hydrogen-bond donors (Lipinski definition) is 1. The predicted molar refractivity (Wildman–Crippen MR) is 57.2 cm³/mol. The largest absolute Gasteiger partial charge is 0.330 e. The minimum atomic E-state index is -0.0355. The first-order chi connectivity index (χ1) is 7.19. The van der Waals surface area contributed by atoms with E-state index in [1.807, 2.05) is 0 Å². The summed E-state index contributed by atoms with van der Waals surface area (Å²) in [5, 5.41) is 3.92. The third-order valence-corrected chi connectivity index (χ3v) is 2.51. The minimum Gasteiger partial charge on any atom is -0.330 e. The van der Waals surface area contributed by atoms with Gasteiger partial charge in [0, 0.05) is 19.5 Å². The van der Waals surface area contributed by atoms with Crippen molar-refractivity contribution in [3.63, 3.8) is 0 Å². The molecule has 0 saturated carbocycles. The van der Waals surface area contributed by atoms with E-state index in [1.54, 1.807) is 11.7 Å². The van der Waals surface area contributed by atoms with Crippen molar-refractivity contribution >= 4 is 5.78 Å². The SMILES string of the molecule is CCCC(CN)C(=O)Cc1ncnn1C. The van der Waals surface area contributed by atoms with Crippen LogP contribution in [-0.2, 0) is 18.3 Å². The summed E-state index contributed by atoms with van der Waals surface area (Å²) in [6.07, 6.45) is 3.62. The van der Waals surface area contributed by atoms with Gasteiger partial charge in [0.05, 0.1) is 6.42 Å². The fraction of sp³-hybridized carbons (Fsp3) is 0.700. The molecule has 1 heterocycles. The predicted octanol–water partition coefficient (Wildman–Crippen LogP) is 0.302. The van der Waals surface area contributed by atoms with Crippen LogP contribution >= 0.6 is 0 Å². The van der Waals surface area contributed by atoms with Gasteiger partial charge in [-0.15, -0.1) is 0 Å². The second kappa shape index (κ2) is 5.60. The third kappa shape index (κ3) is 3.13. The van der Waals surface area contributed by atoms with Crippen LogP contribution in [0.4, 0.5) is 0 Å². The van der Waals surface area contributed by atoms with Crippen LogP contribution in [-0.4, -0.2) is 27.1 Å². The van der Waals surface area contributed by atoms with Crippen LogP contribution in [0.3, 0.4) is 0 Å². The molecule has 0 aliphatic carbocycles. The molecule has 0 spiro atoms. The van der Waals surface area contributed by atoms with Crippen molar-refractivity contribution in [3.05, 3.63) is 12.2 Å². The first-order valence-electron chi connectivity index (χ1n) is 5.24. The number of carbonyl (C=O) groups is 1. The minimum absolute atomic E-state index is 0.0355. The lowest BCUT2D eigenvalue weighted by Gasteiger charge is -2.11. The van der Waals surface area contributed by atoms with Crippen LogP contribution in [0.5, 0.6) is 0 Å². The molecule has 5 nitrogen and oxygen atoms in total. The summed E-state index contributed by atoms with van der Waals surface area (Å²) in [6, 6.07) is 0. The maximum Gasteiger partial charge on any atom is 0.144 e. The molecule has 1 unspecified atom stereocenters. The zero-order valence-corrected chi connectivity index (χ0v) is 9.31. The van der Waals surface area contributed by atoms with E-state index >= 15 is 0 Å². The lowest BCUT2D eigenvalue weighted by atomic mass is 9.96. The first kappa shape index (κ1) is 11.8. The van der Waals surface area contributed by atoms with Gasteiger partial charge in [-0.1, -0.05) is 13.3 Å². The van der Waals surface area contributed by atoms with Gasteiger partial charge in [0.25, 0.3) is 0 Å². The summed E-state index contributed by atoms with van der Waals surface area (Å²) in [6.45, 7) is 2.47. The Hall–Kier alpha value is -1.23. The number of aryl methyl sites for hydroxylation is 1. The van der Waals surface area contributed by atoms with Crippen LogP contribution in [0, 0.1) is 5.92 Å². The normalized spacial score (nSPS) is 12.7. The van der Waals surface area contributed by atoms with E-state index in [9.17, 15) is 4.79 Å². The molecule has 1 atom stereocenters. The monoisotopic (exact) mass is 210 g/mol. The molecule has 15 heavy (non-hydrogen) atoms. The van der Waals surface area contributed by atoms with Gasteiger partial charge in [0.15, 0.2) is 0 Å². The van der Waals surface area contributed by atoms with Gasteiger partial charge in [-0.25, -0.2) is 4.98 Å². The number of aromatic nitrogens is 3. The van der Waals surface area contributed by atoms with E-state index in [1.165, 1.54) is 6.33 Å². The van der Waals surface area contributed by atoms with E-state index in [-0.39, 0.29) is 11.7 Å². The second-order valence-corrected chi connectivity index (χ2v) is 3.66. The van der Waals surface area contributed by atoms with E-state index in [0.717, 1.165) is 12.8 Å². The van der Waals surface area contributed by atoms with E-state index in [4.69, 9.17) is 5.73 Å². The summed E-state index contributed by atoms with van der Waals surface area (Å²) in [5.74, 6) is 0.830. The Labute approximate surface area is 89.7 Å². The van der Waals surface area contributed by atoms with Crippen molar-refractivity contribution in [1.82, 2.24) is 14.8 Å².